The molecule has 60 valence electrons. The molecule has 0 atom stereocenters. The van der Waals surface area contributed by atoms with Gasteiger partial charge in [-0.1, -0.05) is 24.3 Å². The predicted molar refractivity (Wildman–Crippen MR) is 53.3 cm³/mol. The molecule has 0 fully saturated rings. The van der Waals surface area contributed by atoms with Gasteiger partial charge in [0.1, 0.15) is 0 Å². The monoisotopic (exact) mass is 175 g/mol. The van der Waals surface area contributed by atoms with Crippen LogP contribution in [-0.2, 0) is 0 Å². The second-order valence-electron chi connectivity index (χ2n) is 2.53. The van der Waals surface area contributed by atoms with Gasteiger partial charge in [0.05, 0.1) is 11.9 Å². The summed E-state index contributed by atoms with van der Waals surface area (Å²) in [6.07, 6.45) is 2.07. The molecule has 0 bridgehead atoms. The van der Waals surface area contributed by atoms with Gasteiger partial charge in [-0.2, -0.15) is 0 Å². The Labute approximate surface area is 75.5 Å². The molecule has 1 heterocycles. The van der Waals surface area contributed by atoms with Crippen LogP contribution in [0.5, 0.6) is 0 Å². The summed E-state index contributed by atoms with van der Waals surface area (Å²) >= 11 is 1.71. The maximum Gasteiger partial charge on any atom is 0.0655 e. The van der Waals surface area contributed by atoms with Crippen LogP contribution in [0.25, 0.3) is 5.41 Å². The van der Waals surface area contributed by atoms with Gasteiger partial charge in [0, 0.05) is 5.22 Å². The van der Waals surface area contributed by atoms with E-state index < -0.39 is 0 Å². The van der Waals surface area contributed by atoms with E-state index >= 15 is 0 Å². The zero-order valence-corrected chi connectivity index (χ0v) is 7.42. The smallest absolute Gasteiger partial charge is 0.0655 e. The van der Waals surface area contributed by atoms with Crippen molar-refractivity contribution in [2.45, 2.75) is 0 Å². The van der Waals surface area contributed by atoms with Crippen LogP contribution in [0.3, 0.4) is 0 Å². The molecule has 0 amide bonds. The summed E-state index contributed by atoms with van der Waals surface area (Å²) in [5, 5.41) is 6.50. The van der Waals surface area contributed by atoms with E-state index in [1.54, 1.807) is 11.8 Å². The van der Waals surface area contributed by atoms with Crippen molar-refractivity contribution in [3.05, 3.63) is 46.3 Å². The summed E-state index contributed by atoms with van der Waals surface area (Å²) in [5.74, 6) is 0. The van der Waals surface area contributed by atoms with E-state index in [2.05, 4.69) is 28.0 Å². The average molecular weight is 175 g/mol. The number of hydrogen-bond donors (Lipinski definition) is 0. The number of hydrogen-bond acceptors (Lipinski definition) is 2. The molecular weight excluding hydrogens is 166 g/mol. The summed E-state index contributed by atoms with van der Waals surface area (Å²) in [6, 6.07) is 8.19. The van der Waals surface area contributed by atoms with Crippen molar-refractivity contribution < 1.29 is 0 Å². The van der Waals surface area contributed by atoms with Gasteiger partial charge in [0.2, 0.25) is 0 Å². The average Bonchev–Trinajstić information content (AvgIpc) is 2.06. The van der Waals surface area contributed by atoms with Gasteiger partial charge < -0.3 is 0 Å². The lowest BCUT2D eigenvalue weighted by Gasteiger charge is -1.92. The Morgan fingerprint density at radius 2 is 2.17 bits per heavy atom. The van der Waals surface area contributed by atoms with Gasteiger partial charge in [-0.3, -0.25) is 4.99 Å². The minimum atomic E-state index is 0.790. The van der Waals surface area contributed by atoms with Gasteiger partial charge in [-0.05, 0) is 16.9 Å². The van der Waals surface area contributed by atoms with Crippen LogP contribution >= 0.6 is 11.8 Å². The summed E-state index contributed by atoms with van der Waals surface area (Å²) in [5.41, 5.74) is 0. The van der Waals surface area contributed by atoms with Gasteiger partial charge in [-0.25, -0.2) is 0 Å². The summed E-state index contributed by atoms with van der Waals surface area (Å²) in [4.78, 5) is 4.42. The van der Waals surface area contributed by atoms with Crippen LogP contribution in [0.15, 0.2) is 40.7 Å². The molecule has 0 radical (unpaired) electrons. The molecule has 2 heteroatoms. The van der Waals surface area contributed by atoms with E-state index in [9.17, 15) is 0 Å². The van der Waals surface area contributed by atoms with Crippen LogP contribution in [0.4, 0.5) is 0 Å². The van der Waals surface area contributed by atoms with Gasteiger partial charge >= 0.3 is 0 Å². The molecule has 1 aliphatic heterocycles. The van der Waals surface area contributed by atoms with Gasteiger partial charge in [0.25, 0.3) is 0 Å². The van der Waals surface area contributed by atoms with E-state index in [0.717, 1.165) is 11.9 Å². The minimum absolute atomic E-state index is 0.790. The number of rotatable bonds is 0. The van der Waals surface area contributed by atoms with Crippen LogP contribution < -0.4 is 10.6 Å². The predicted octanol–water partition coefficient (Wildman–Crippen LogP) is 1.30. The van der Waals surface area contributed by atoms with E-state index in [1.807, 2.05) is 18.2 Å². The van der Waals surface area contributed by atoms with Crippen molar-refractivity contribution in [2.24, 2.45) is 4.99 Å². The number of benzene rings is 1. The topological polar surface area (TPSA) is 12.4 Å². The van der Waals surface area contributed by atoms with Crippen molar-refractivity contribution in [1.29, 1.82) is 0 Å². The van der Waals surface area contributed by atoms with Crippen molar-refractivity contribution in [1.82, 2.24) is 0 Å². The third-order valence-corrected chi connectivity index (χ3v) is 2.41. The lowest BCUT2D eigenvalue weighted by Crippen LogP contribution is -2.24. The highest BCUT2D eigenvalue weighted by Crippen LogP contribution is 2.02. The molecule has 2 rings (SSSR count). The third-order valence-electron chi connectivity index (χ3n) is 1.67. The highest BCUT2D eigenvalue weighted by Gasteiger charge is 1.86. The molecule has 0 spiro atoms. The first-order chi connectivity index (χ1) is 5.97. The molecule has 0 aliphatic carbocycles. The Morgan fingerprint density at radius 3 is 3.17 bits per heavy atom. The Balaban J connectivity index is 2.66. The normalized spacial score (nSPS) is 17.8. The molecule has 1 nitrogen and oxygen atoms in total. The summed E-state index contributed by atoms with van der Waals surface area (Å²) < 4.78 is 0. The van der Waals surface area contributed by atoms with E-state index in [4.69, 9.17) is 0 Å². The lowest BCUT2D eigenvalue weighted by molar-refractivity contribution is 1.13. The van der Waals surface area contributed by atoms with Crippen molar-refractivity contribution in [3.8, 4) is 0 Å². The highest BCUT2D eigenvalue weighted by molar-refractivity contribution is 8.09. The molecule has 0 N–H and O–H groups in total. The van der Waals surface area contributed by atoms with E-state index in [1.165, 1.54) is 5.22 Å². The summed E-state index contributed by atoms with van der Waals surface area (Å²) in [7, 11) is 0. The minimum Gasteiger partial charge on any atom is -0.281 e. The summed E-state index contributed by atoms with van der Waals surface area (Å²) in [6.45, 7) is 0.790. The molecule has 12 heavy (non-hydrogen) atoms. The molecule has 0 saturated carbocycles. The standard InChI is InChI=1S/C10H9NS/c1-2-5-10-9(4-1)8-12-7-3-6-11-10/h1-5,7-8H,6H2/b7-3?,9-8-,11-10?. The van der Waals surface area contributed by atoms with Crippen molar-refractivity contribution in [3.63, 3.8) is 0 Å². The first-order valence-corrected chi connectivity index (χ1v) is 4.81. The first kappa shape index (κ1) is 7.62. The fraction of sp³-hybridized carbons (Fsp3) is 0.100. The fourth-order valence-electron chi connectivity index (χ4n) is 1.09. The Morgan fingerprint density at radius 1 is 1.25 bits per heavy atom. The molecule has 0 saturated heterocycles. The second kappa shape index (κ2) is 3.59. The number of thioether (sulfide) groups is 1. The quantitative estimate of drug-likeness (QED) is 0.579. The van der Waals surface area contributed by atoms with Crippen LogP contribution in [0.2, 0.25) is 0 Å². The molecular formula is C10H9NS. The Hall–Kier alpha value is -1.02. The zero-order valence-electron chi connectivity index (χ0n) is 6.60. The third kappa shape index (κ3) is 1.59. The maximum absolute atomic E-state index is 4.42. The van der Waals surface area contributed by atoms with Crippen LogP contribution in [0.1, 0.15) is 0 Å². The Kier molecular flexibility index (Phi) is 2.28. The second-order valence-corrected chi connectivity index (χ2v) is 3.31. The number of para-hydroxylation sites is 1. The van der Waals surface area contributed by atoms with Gasteiger partial charge in [-0.15, -0.1) is 11.8 Å². The molecule has 1 aliphatic rings. The SMILES string of the molecule is C1=CS/C=c2/ccccc2=NC1. The lowest BCUT2D eigenvalue weighted by atomic mass is 10.3. The maximum atomic E-state index is 4.42. The molecule has 0 aromatic heterocycles. The largest absolute Gasteiger partial charge is 0.281 e. The van der Waals surface area contributed by atoms with Crippen molar-refractivity contribution in [2.75, 3.05) is 6.54 Å². The van der Waals surface area contributed by atoms with Crippen LogP contribution in [0, 0.1) is 0 Å². The first-order valence-electron chi connectivity index (χ1n) is 3.87. The molecule has 0 unspecified atom stereocenters. The van der Waals surface area contributed by atoms with E-state index in [0.29, 0.717) is 0 Å². The highest BCUT2D eigenvalue weighted by atomic mass is 32.2. The molecule has 1 aromatic rings. The Bertz CT molecular complexity index is 367. The van der Waals surface area contributed by atoms with Crippen molar-refractivity contribution >= 4 is 17.2 Å². The fourth-order valence-corrected chi connectivity index (χ4v) is 1.72. The molecule has 1 aromatic carbocycles. The zero-order chi connectivity index (χ0) is 8.23. The number of fused-ring (bicyclic) bond motifs is 1. The number of nitrogens with zero attached hydrogens (tertiary/aromatic N) is 1. The van der Waals surface area contributed by atoms with Gasteiger partial charge in [0.15, 0.2) is 0 Å². The van der Waals surface area contributed by atoms with Crippen LogP contribution in [-0.4, -0.2) is 6.54 Å². The van der Waals surface area contributed by atoms with E-state index in [-0.39, 0.29) is 0 Å².